The fraction of sp³-hybridized carbons (Fsp3) is 0.250. The van der Waals surface area contributed by atoms with Crippen LogP contribution in [0.4, 0.5) is 18.3 Å². The molecular weight excluding hydrogens is 447 g/mol. The second kappa shape index (κ2) is 9.86. The van der Waals surface area contributed by atoms with E-state index < -0.39 is 11.7 Å². The molecule has 4 aromatic rings. The Bertz CT molecular complexity index is 1220. The van der Waals surface area contributed by atoms with E-state index in [-0.39, 0.29) is 6.04 Å². The van der Waals surface area contributed by atoms with Crippen LogP contribution in [0, 0.1) is 0 Å². The SMILES string of the molecule is CNCc1nc(NC[C@@H](N)Cc2ccc(C(F)(F)F)cc2)sc1-c1ccc2cnccc2c1. The van der Waals surface area contributed by atoms with Crippen molar-refractivity contribution in [2.45, 2.75) is 25.2 Å². The highest BCUT2D eigenvalue weighted by atomic mass is 32.1. The van der Waals surface area contributed by atoms with Gasteiger partial charge in [-0.3, -0.25) is 4.98 Å². The molecule has 172 valence electrons. The van der Waals surface area contributed by atoms with Gasteiger partial charge in [0, 0.05) is 36.9 Å². The van der Waals surface area contributed by atoms with Gasteiger partial charge in [-0.2, -0.15) is 13.2 Å². The minimum atomic E-state index is -4.34. The molecule has 0 radical (unpaired) electrons. The maximum Gasteiger partial charge on any atom is 0.416 e. The molecule has 4 N–H and O–H groups in total. The molecule has 0 saturated heterocycles. The van der Waals surface area contributed by atoms with Crippen molar-refractivity contribution >= 4 is 27.2 Å². The molecule has 33 heavy (non-hydrogen) atoms. The molecule has 0 fully saturated rings. The zero-order valence-corrected chi connectivity index (χ0v) is 18.8. The van der Waals surface area contributed by atoms with Gasteiger partial charge in [-0.05, 0) is 54.2 Å². The van der Waals surface area contributed by atoms with Gasteiger partial charge in [-0.15, -0.1) is 0 Å². The van der Waals surface area contributed by atoms with Gasteiger partial charge < -0.3 is 16.4 Å². The van der Waals surface area contributed by atoms with E-state index in [1.807, 2.05) is 25.4 Å². The van der Waals surface area contributed by atoms with Crippen LogP contribution in [0.1, 0.15) is 16.8 Å². The first-order chi connectivity index (χ1) is 15.8. The van der Waals surface area contributed by atoms with Crippen molar-refractivity contribution in [3.8, 4) is 10.4 Å². The van der Waals surface area contributed by atoms with Crippen LogP contribution in [0.15, 0.2) is 60.9 Å². The summed E-state index contributed by atoms with van der Waals surface area (Å²) in [6.07, 6.45) is -0.257. The molecule has 0 saturated carbocycles. The Morgan fingerprint density at radius 2 is 1.85 bits per heavy atom. The molecule has 4 rings (SSSR count). The van der Waals surface area contributed by atoms with Gasteiger partial charge in [0.15, 0.2) is 5.13 Å². The molecule has 0 unspecified atom stereocenters. The van der Waals surface area contributed by atoms with Crippen LogP contribution in [0.3, 0.4) is 0 Å². The highest BCUT2D eigenvalue weighted by molar-refractivity contribution is 7.19. The summed E-state index contributed by atoms with van der Waals surface area (Å²) in [4.78, 5) is 9.96. The van der Waals surface area contributed by atoms with Crippen LogP contribution in [-0.4, -0.2) is 29.6 Å². The third-order valence-electron chi connectivity index (χ3n) is 5.24. The first-order valence-electron chi connectivity index (χ1n) is 10.5. The highest BCUT2D eigenvalue weighted by Gasteiger charge is 2.29. The standard InChI is InChI=1S/C24H24F3N5S/c1-29-14-21-22(17-4-5-18-12-30-9-8-16(18)11-17)33-23(32-21)31-13-20(28)10-15-2-6-19(7-3-15)24(25,26)27/h2-9,11-12,20,29H,10,13-14,28H2,1H3,(H,31,32)/t20-/m0/s1. The number of nitrogens with zero attached hydrogens (tertiary/aromatic N) is 2. The van der Waals surface area contributed by atoms with Gasteiger partial charge >= 0.3 is 6.18 Å². The summed E-state index contributed by atoms with van der Waals surface area (Å²) < 4.78 is 38.2. The van der Waals surface area contributed by atoms with Gasteiger partial charge in [0.1, 0.15) is 0 Å². The second-order valence-electron chi connectivity index (χ2n) is 7.80. The average molecular weight is 472 g/mol. The largest absolute Gasteiger partial charge is 0.416 e. The number of nitrogens with one attached hydrogen (secondary N) is 2. The molecule has 0 bridgehead atoms. The monoisotopic (exact) mass is 471 g/mol. The molecule has 2 heterocycles. The zero-order chi connectivity index (χ0) is 23.4. The Hall–Kier alpha value is -3.01. The van der Waals surface area contributed by atoms with Crippen LogP contribution in [0.2, 0.25) is 0 Å². The Balaban J connectivity index is 1.44. The summed E-state index contributed by atoms with van der Waals surface area (Å²) in [6, 6.07) is 13.1. The van der Waals surface area contributed by atoms with E-state index in [1.54, 1.807) is 17.5 Å². The Morgan fingerprint density at radius 3 is 2.58 bits per heavy atom. The topological polar surface area (TPSA) is 75.9 Å². The maximum absolute atomic E-state index is 12.7. The predicted molar refractivity (Wildman–Crippen MR) is 127 cm³/mol. The van der Waals surface area contributed by atoms with Gasteiger partial charge in [0.25, 0.3) is 0 Å². The van der Waals surface area contributed by atoms with Gasteiger partial charge in [0.2, 0.25) is 0 Å². The van der Waals surface area contributed by atoms with Crippen molar-refractivity contribution in [3.05, 3.63) is 77.7 Å². The summed E-state index contributed by atoms with van der Waals surface area (Å²) in [6.45, 7) is 1.08. The smallest absolute Gasteiger partial charge is 0.360 e. The first kappa shape index (κ1) is 23.2. The minimum Gasteiger partial charge on any atom is -0.360 e. The van der Waals surface area contributed by atoms with E-state index in [9.17, 15) is 13.2 Å². The van der Waals surface area contributed by atoms with Crippen molar-refractivity contribution in [2.24, 2.45) is 5.73 Å². The molecule has 2 aromatic carbocycles. The molecule has 9 heteroatoms. The van der Waals surface area contributed by atoms with Gasteiger partial charge in [0.05, 0.1) is 16.1 Å². The normalized spacial score (nSPS) is 12.8. The average Bonchev–Trinajstić information content (AvgIpc) is 3.20. The Labute approximate surface area is 193 Å². The highest BCUT2D eigenvalue weighted by Crippen LogP contribution is 2.35. The second-order valence-corrected chi connectivity index (χ2v) is 8.80. The quantitative estimate of drug-likeness (QED) is 0.334. The molecule has 0 aliphatic heterocycles. The van der Waals surface area contributed by atoms with E-state index in [0.717, 1.165) is 49.7 Å². The van der Waals surface area contributed by atoms with Crippen LogP contribution in [0.5, 0.6) is 0 Å². The number of fused-ring (bicyclic) bond motifs is 1. The number of alkyl halides is 3. The predicted octanol–water partition coefficient (Wildman–Crippen LogP) is 5.08. The van der Waals surface area contributed by atoms with Crippen molar-refractivity contribution in [2.75, 3.05) is 18.9 Å². The van der Waals surface area contributed by atoms with Crippen molar-refractivity contribution in [1.29, 1.82) is 0 Å². The van der Waals surface area contributed by atoms with E-state index in [0.29, 0.717) is 19.5 Å². The fourth-order valence-electron chi connectivity index (χ4n) is 3.59. The molecule has 5 nitrogen and oxygen atoms in total. The number of aromatic nitrogens is 2. The summed E-state index contributed by atoms with van der Waals surface area (Å²) >= 11 is 1.56. The fourth-order valence-corrected chi connectivity index (χ4v) is 4.57. The van der Waals surface area contributed by atoms with Crippen LogP contribution in [-0.2, 0) is 19.1 Å². The molecule has 2 aromatic heterocycles. The first-order valence-corrected chi connectivity index (χ1v) is 11.3. The maximum atomic E-state index is 12.7. The van der Waals surface area contributed by atoms with Crippen LogP contribution in [0.25, 0.3) is 21.2 Å². The van der Waals surface area contributed by atoms with E-state index >= 15 is 0 Å². The number of thiazole rings is 1. The van der Waals surface area contributed by atoms with E-state index in [1.165, 1.54) is 12.1 Å². The lowest BCUT2D eigenvalue weighted by Crippen LogP contribution is -2.31. The van der Waals surface area contributed by atoms with Crippen LogP contribution < -0.4 is 16.4 Å². The number of pyridine rings is 1. The van der Waals surface area contributed by atoms with Crippen molar-refractivity contribution in [3.63, 3.8) is 0 Å². The number of hydrogen-bond donors (Lipinski definition) is 3. The van der Waals surface area contributed by atoms with E-state index in [4.69, 9.17) is 10.7 Å². The molecule has 0 spiro atoms. The third kappa shape index (κ3) is 5.68. The lowest BCUT2D eigenvalue weighted by molar-refractivity contribution is -0.137. The summed E-state index contributed by atoms with van der Waals surface area (Å²) in [5.74, 6) is 0. The number of nitrogens with two attached hydrogens (primary N) is 1. The van der Waals surface area contributed by atoms with Crippen molar-refractivity contribution < 1.29 is 13.2 Å². The molecule has 0 aliphatic rings. The summed E-state index contributed by atoms with van der Waals surface area (Å²) in [7, 11) is 1.88. The third-order valence-corrected chi connectivity index (χ3v) is 6.34. The number of halogens is 3. The Kier molecular flexibility index (Phi) is 6.92. The lowest BCUT2D eigenvalue weighted by Gasteiger charge is -2.13. The van der Waals surface area contributed by atoms with Crippen LogP contribution >= 0.6 is 11.3 Å². The number of hydrogen-bond acceptors (Lipinski definition) is 6. The molecule has 1 atom stereocenters. The van der Waals surface area contributed by atoms with E-state index in [2.05, 4.69) is 27.8 Å². The number of rotatable bonds is 8. The molecule has 0 amide bonds. The minimum absolute atomic E-state index is 0.269. The zero-order valence-electron chi connectivity index (χ0n) is 18.0. The van der Waals surface area contributed by atoms with Gasteiger partial charge in [-0.25, -0.2) is 4.98 Å². The summed E-state index contributed by atoms with van der Waals surface area (Å²) in [5.41, 5.74) is 8.36. The Morgan fingerprint density at radius 1 is 1.06 bits per heavy atom. The van der Waals surface area contributed by atoms with Crippen molar-refractivity contribution in [1.82, 2.24) is 15.3 Å². The molecular formula is C24H24F3N5S. The number of benzene rings is 2. The number of anilines is 1. The molecule has 0 aliphatic carbocycles. The summed E-state index contributed by atoms with van der Waals surface area (Å²) in [5, 5.41) is 9.40. The van der Waals surface area contributed by atoms with Gasteiger partial charge in [-0.1, -0.05) is 35.6 Å². The lowest BCUT2D eigenvalue weighted by atomic mass is 10.0.